The molecule has 135 heavy (non-hydrogen) atoms. The molecule has 0 aliphatic heterocycles. The van der Waals surface area contributed by atoms with Crippen molar-refractivity contribution in [3.8, 4) is 44.5 Å². The van der Waals surface area contributed by atoms with Crippen LogP contribution in [0.3, 0.4) is 0 Å². The quantitative estimate of drug-likeness (QED) is 0.0124. The van der Waals surface area contributed by atoms with Gasteiger partial charge in [0.15, 0.2) is 49.6 Å². The lowest BCUT2D eigenvalue weighted by Gasteiger charge is -2.13. The summed E-state index contributed by atoms with van der Waals surface area (Å²) in [6, 6.07) is 67.2. The minimum absolute atomic E-state index is 0. The molecule has 12 aromatic rings. The van der Waals surface area contributed by atoms with Crippen LogP contribution >= 0.6 is 45.2 Å². The zero-order valence-electron chi connectivity index (χ0n) is 78.9. The number of aliphatic carboxylic acids is 2. The average molecular weight is 2330 g/mol. The van der Waals surface area contributed by atoms with Crippen LogP contribution in [-0.4, -0.2) is 132 Å². The topological polar surface area (TPSA) is 230 Å². The number of ether oxygens (including phenoxy) is 2. The highest BCUT2D eigenvalue weighted by molar-refractivity contribution is 14.1. The number of carbonyl (C=O) groups excluding carboxylic acids is 8. The van der Waals surface area contributed by atoms with E-state index in [0.717, 1.165) is 64.6 Å². The molecule has 0 radical (unpaired) electrons. The highest BCUT2D eigenvalue weighted by Gasteiger charge is 2.47. The number of unbranched alkanes of at least 4 members (excludes halogenated alkanes) is 10. The second-order valence-electron chi connectivity index (χ2n) is 30.9. The molecule has 0 saturated heterocycles. The first-order chi connectivity index (χ1) is 62.6. The van der Waals surface area contributed by atoms with Crippen molar-refractivity contribution in [1.82, 2.24) is 0 Å². The summed E-state index contributed by atoms with van der Waals surface area (Å²) in [4.78, 5) is 89.6. The van der Waals surface area contributed by atoms with E-state index in [9.17, 15) is 68.3 Å². The van der Waals surface area contributed by atoms with Crippen molar-refractivity contribution in [3.05, 3.63) is 244 Å². The van der Waals surface area contributed by atoms with Gasteiger partial charge in [-0.3, -0.25) is 14.4 Å². The Bertz CT molecular complexity index is 5680. The van der Waals surface area contributed by atoms with Gasteiger partial charge >= 0.3 is 54.2 Å². The Morgan fingerprint density at radius 1 is 0.333 bits per heavy atom. The third kappa shape index (κ3) is 46.7. The standard InChI is InChI=1S/C25H33N2.C19H16F3N2O.C19H19N2O.C18H19N2.C8H17I.C4H3F3O3.C4H6O3.C2HF3O2.C2H4O2.CH3I.2HI/c1-4-5-6-7-8-9-16-27-17-14-21(15-18-27)22-10-11-24-20-25(26(2)3)13-12-23(24)19-22;1-23(2)17-6-5-15-11-14(3-4-16(15)12-17)13-7-9-24(10-8-13)18(25)19(20,21)22;1-14(22)21-10-8-15(9-11-21)16-4-5-18-13-19(20(2)3)7-6-17(18)12-16;1-19(2)18-7-6-16-12-15(4-5-17(16)13-18)14-8-10-20(3)11-9-14;1-2-3-4-5-6-7-8-9;1-2(8)10-3(9)4(5,6)7;1-3(5)7-4(2)6;3-2(4,5)1(6)7;1-2(3)4;1-2;;/h10-15,17-20H,4-9,16H2,1-3H3;3-12H,1-2H3;4-13H,1-3H3;4-13H,1-3H3;2-8H2,1H3;1H3;1-2H3;(H,6,7);1H3,(H,3,4);1H3;2*1H/q4*+1;;;;;;;;/p-4. The Kier molecular flexibility index (Phi) is 57.1. The number of esters is 4. The molecule has 0 spiro atoms. The summed E-state index contributed by atoms with van der Waals surface area (Å²) >= 11 is 4.60. The fourth-order valence-electron chi connectivity index (χ4n) is 12.3. The van der Waals surface area contributed by atoms with Crippen LogP contribution in [0.15, 0.2) is 244 Å². The average Bonchev–Trinajstić information content (AvgIpc) is 0.810. The summed E-state index contributed by atoms with van der Waals surface area (Å²) < 4.78 is 117. The summed E-state index contributed by atoms with van der Waals surface area (Å²) in [7, 11) is 18.4. The molecule has 0 amide bonds. The van der Waals surface area contributed by atoms with E-state index >= 15 is 0 Å². The third-order valence-electron chi connectivity index (χ3n) is 19.3. The van der Waals surface area contributed by atoms with Gasteiger partial charge in [0.1, 0.15) is 19.6 Å². The summed E-state index contributed by atoms with van der Waals surface area (Å²) in [5.41, 5.74) is 13.7. The molecular formula is C102H119F9I4N8O12. The number of aromatic nitrogens is 4. The Morgan fingerprint density at radius 3 is 0.822 bits per heavy atom. The number of benzene rings is 8. The molecule has 33 heteroatoms. The molecule has 8 aromatic carbocycles. The maximum atomic E-state index is 12.4. The number of alkyl halides is 11. The number of nitrogens with zero attached hydrogens (tertiary/aromatic N) is 8. The highest BCUT2D eigenvalue weighted by Crippen LogP contribution is 2.32. The maximum absolute atomic E-state index is 12.4. The number of hydrogen-bond donors (Lipinski definition) is 0. The fourth-order valence-corrected chi connectivity index (χ4v) is 12.9. The zero-order chi connectivity index (χ0) is 99.9. The van der Waals surface area contributed by atoms with Crippen LogP contribution in [0, 0.1) is 0 Å². The summed E-state index contributed by atoms with van der Waals surface area (Å²) in [5.74, 6) is -10.9. The number of pyridine rings is 4. The van der Waals surface area contributed by atoms with Crippen molar-refractivity contribution in [2.45, 2.75) is 151 Å². The monoisotopic (exact) mass is 2330 g/mol. The van der Waals surface area contributed by atoms with Gasteiger partial charge in [0.2, 0.25) is 0 Å². The molecule has 4 aromatic heterocycles. The predicted octanol–water partition coefficient (Wildman–Crippen LogP) is 14.8. The van der Waals surface area contributed by atoms with E-state index < -0.39 is 60.3 Å². The smallest absolute Gasteiger partial charge is 0.521 e. The molecule has 730 valence electrons. The van der Waals surface area contributed by atoms with E-state index in [1.165, 1.54) is 179 Å². The minimum Gasteiger partial charge on any atom is -1.00 e. The molecule has 0 N–H and O–H groups in total. The van der Waals surface area contributed by atoms with E-state index in [4.69, 9.17) is 19.8 Å². The van der Waals surface area contributed by atoms with Gasteiger partial charge in [-0.2, -0.15) is 39.5 Å². The van der Waals surface area contributed by atoms with Crippen molar-refractivity contribution >= 4 is 159 Å². The van der Waals surface area contributed by atoms with Crippen LogP contribution in [0.1, 0.15) is 135 Å². The van der Waals surface area contributed by atoms with Gasteiger partial charge in [-0.25, -0.2) is 23.5 Å². The van der Waals surface area contributed by atoms with Crippen molar-refractivity contribution in [2.75, 3.05) is 85.3 Å². The van der Waals surface area contributed by atoms with Gasteiger partial charge in [-0.05, 0) is 190 Å². The van der Waals surface area contributed by atoms with E-state index in [1.807, 2.05) is 92.1 Å². The molecule has 12 rings (SSSR count). The van der Waals surface area contributed by atoms with Gasteiger partial charge in [0.25, 0.3) is 0 Å². The maximum Gasteiger partial charge on any atom is 0.521 e. The second-order valence-corrected chi connectivity index (χ2v) is 32.0. The molecular weight excluding hydrogens is 2210 g/mol. The molecule has 4 heterocycles. The van der Waals surface area contributed by atoms with Crippen LogP contribution in [0.4, 0.5) is 62.3 Å². The van der Waals surface area contributed by atoms with Gasteiger partial charge in [0, 0.05) is 161 Å². The van der Waals surface area contributed by atoms with Crippen LogP contribution < -0.4 is 96.0 Å². The lowest BCUT2D eigenvalue weighted by molar-refractivity contribution is -0.697. The Balaban J connectivity index is 0.000000795. The molecule has 0 aliphatic rings. The second kappa shape index (κ2) is 63.0. The number of anilines is 4. The molecule has 0 saturated carbocycles. The lowest BCUT2D eigenvalue weighted by atomic mass is 10.0. The van der Waals surface area contributed by atoms with Crippen molar-refractivity contribution in [2.24, 2.45) is 7.05 Å². The first-order valence-electron chi connectivity index (χ1n) is 42.5. The van der Waals surface area contributed by atoms with Gasteiger partial charge < -0.3 is 96.8 Å². The Labute approximate surface area is 846 Å². The molecule has 0 aliphatic carbocycles. The number of aryl methyl sites for hydroxylation is 2. The Morgan fingerprint density at radius 2 is 0.585 bits per heavy atom. The molecule has 0 fully saturated rings. The van der Waals surface area contributed by atoms with E-state index in [1.54, 1.807) is 23.9 Å². The number of fused-ring (bicyclic) bond motifs is 4. The van der Waals surface area contributed by atoms with E-state index in [0.29, 0.717) is 11.5 Å². The largest absolute Gasteiger partial charge is 1.00 e. The zero-order valence-corrected chi connectivity index (χ0v) is 87.5. The number of halogens is 13. The van der Waals surface area contributed by atoms with Crippen LogP contribution in [-0.2, 0) is 51.8 Å². The highest BCUT2D eigenvalue weighted by atomic mass is 127. The third-order valence-corrected chi connectivity index (χ3v) is 20.1. The van der Waals surface area contributed by atoms with Crippen LogP contribution in [0.5, 0.6) is 0 Å². The van der Waals surface area contributed by atoms with Crippen LogP contribution in [0.25, 0.3) is 87.6 Å². The number of carboxylic acids is 2. The SMILES string of the molecule is CC(=O)OC(=O)C(F)(F)F.CC(=O)OC(C)=O.CC(=O)[O-].CC(=O)[n+]1ccc(-c2ccc3cc(N(C)C)ccc3c2)cc1.CCCCCCCCI.CCCCCCCC[n+]1ccc(-c2ccc3cc(N(C)C)ccc3c2)cc1.CI.CN(C)c1ccc2cc(-c3cc[n+](C(=O)C(F)(F)F)cc3)ccc2c1.CN(C)c1ccc2cc(-c3cc[n+](C)cc3)ccc2c1.O=C([O-])C(F)(F)F.[I-].[I-]. The Hall–Kier alpha value is -10.6. The van der Waals surface area contributed by atoms with Crippen molar-refractivity contribution in [3.63, 3.8) is 0 Å². The number of rotatable bonds is 21. The minimum atomic E-state index is -5.19. The first-order valence-corrected chi connectivity index (χ1v) is 46.2. The first kappa shape index (κ1) is 122. The number of carboxylic acid groups (broad SMARTS) is 2. The van der Waals surface area contributed by atoms with Gasteiger partial charge in [-0.1, -0.05) is 190 Å². The van der Waals surface area contributed by atoms with Gasteiger partial charge in [0.05, 0.1) is 6.92 Å². The number of carbonyl (C=O) groups is 8. The lowest BCUT2D eigenvalue weighted by Crippen LogP contribution is -3.00. The van der Waals surface area contributed by atoms with Crippen molar-refractivity contribution < 1.29 is 164 Å². The van der Waals surface area contributed by atoms with Gasteiger partial charge in [-0.15, -0.1) is 9.13 Å². The van der Waals surface area contributed by atoms with Crippen LogP contribution in [0.2, 0.25) is 0 Å². The normalized spacial score (nSPS) is 10.4. The fraction of sp³-hybridized carbons (Fsp3) is 0.333. The molecule has 20 nitrogen and oxygen atoms in total. The molecule has 0 atom stereocenters. The van der Waals surface area contributed by atoms with E-state index in [2.05, 4.69) is 280 Å². The number of hydrogen-bond acceptors (Lipinski definition) is 16. The predicted molar refractivity (Wildman–Crippen MR) is 522 cm³/mol. The summed E-state index contributed by atoms with van der Waals surface area (Å²) in [6.45, 7) is 11.3. The van der Waals surface area contributed by atoms with Crippen molar-refractivity contribution in [1.29, 1.82) is 0 Å². The summed E-state index contributed by atoms with van der Waals surface area (Å²) in [5, 5.41) is 27.4. The summed E-state index contributed by atoms with van der Waals surface area (Å²) in [6.07, 6.45) is 15.9. The molecule has 0 unspecified atom stereocenters. The molecule has 0 bridgehead atoms. The van der Waals surface area contributed by atoms with E-state index in [-0.39, 0.29) is 53.9 Å².